The van der Waals surface area contributed by atoms with Crippen molar-refractivity contribution in [3.63, 3.8) is 0 Å². The molecule has 6 aromatic rings. The molecule has 278 valence electrons. The highest BCUT2D eigenvalue weighted by atomic mass is 16.5. The standard InChI is InChI=1S/C44H38N8O4/c1-29(51-19-12-35(24-43(51)53)55-27-41-46-14-3-15-47-41)39-10-7-32(26-50-39)6-9-34-23-38(34)37-22-33(37)8-5-31-11-18-45-40(21-31)30(2)52-20-13-36(25-44(52)54)56-28-42-48-16-4-17-49-42/h3-4,7,10-21,24-26,29-30,33-34,37-38H,22-23,27-28H2,1-2H3. The molecule has 0 aromatic carbocycles. The SMILES string of the molecule is CC(c1ccc(C#CC2CC2C2CC2C#Cc2ccnc(C(C)n3ccc(OCc4ncccn4)cc3=O)c2)cn1)n1ccc(OCc2ncccn2)cc1=O. The Kier molecular flexibility index (Phi) is 10.4. The Morgan fingerprint density at radius 1 is 0.625 bits per heavy atom. The average molecular weight is 743 g/mol. The van der Waals surface area contributed by atoms with Crippen molar-refractivity contribution in [2.45, 2.75) is 52.0 Å². The van der Waals surface area contributed by atoms with Crippen LogP contribution < -0.4 is 20.6 Å². The Labute approximate surface area is 323 Å². The van der Waals surface area contributed by atoms with Crippen molar-refractivity contribution in [1.29, 1.82) is 0 Å². The minimum atomic E-state index is -0.283. The molecule has 2 saturated carbocycles. The summed E-state index contributed by atoms with van der Waals surface area (Å²) in [6.45, 7) is 4.24. The van der Waals surface area contributed by atoms with Crippen LogP contribution in [0.3, 0.4) is 0 Å². The lowest BCUT2D eigenvalue weighted by atomic mass is 10.1. The van der Waals surface area contributed by atoms with Crippen LogP contribution in [-0.4, -0.2) is 39.0 Å². The van der Waals surface area contributed by atoms with Gasteiger partial charge in [-0.15, -0.1) is 0 Å². The van der Waals surface area contributed by atoms with Crippen LogP contribution in [0, 0.1) is 47.4 Å². The van der Waals surface area contributed by atoms with Crippen LogP contribution in [0.5, 0.6) is 11.5 Å². The van der Waals surface area contributed by atoms with E-state index in [0.29, 0.717) is 46.8 Å². The fourth-order valence-electron chi connectivity index (χ4n) is 6.69. The van der Waals surface area contributed by atoms with Gasteiger partial charge < -0.3 is 18.6 Å². The first-order chi connectivity index (χ1) is 27.4. The van der Waals surface area contributed by atoms with E-state index >= 15 is 0 Å². The van der Waals surface area contributed by atoms with Crippen molar-refractivity contribution in [3.05, 3.63) is 165 Å². The summed E-state index contributed by atoms with van der Waals surface area (Å²) in [5.74, 6) is 17.5. The molecule has 56 heavy (non-hydrogen) atoms. The number of pyridine rings is 4. The molecular formula is C44H38N8O4. The number of ether oxygens (including phenoxy) is 2. The van der Waals surface area contributed by atoms with Gasteiger partial charge in [0.15, 0.2) is 11.6 Å². The largest absolute Gasteiger partial charge is 0.485 e. The lowest BCUT2D eigenvalue weighted by molar-refractivity contribution is 0.294. The van der Waals surface area contributed by atoms with E-state index in [-0.39, 0.29) is 36.4 Å². The molecule has 0 spiro atoms. The smallest absolute Gasteiger partial charge is 0.254 e. The highest BCUT2D eigenvalue weighted by Gasteiger charge is 2.52. The van der Waals surface area contributed by atoms with Gasteiger partial charge in [-0.3, -0.25) is 19.6 Å². The Morgan fingerprint density at radius 3 is 1.68 bits per heavy atom. The predicted molar refractivity (Wildman–Crippen MR) is 207 cm³/mol. The minimum Gasteiger partial charge on any atom is -0.485 e. The number of nitrogens with zero attached hydrogens (tertiary/aromatic N) is 8. The first kappa shape index (κ1) is 36.1. The number of hydrogen-bond donors (Lipinski definition) is 0. The quantitative estimate of drug-likeness (QED) is 0.158. The van der Waals surface area contributed by atoms with Crippen LogP contribution in [-0.2, 0) is 13.2 Å². The summed E-state index contributed by atoms with van der Waals surface area (Å²) in [5.41, 5.74) is 2.89. The van der Waals surface area contributed by atoms with Crippen LogP contribution in [0.1, 0.15) is 72.9 Å². The van der Waals surface area contributed by atoms with E-state index in [1.54, 1.807) is 83.0 Å². The zero-order valence-electron chi connectivity index (χ0n) is 30.9. The van der Waals surface area contributed by atoms with Gasteiger partial charge in [-0.25, -0.2) is 19.9 Å². The maximum atomic E-state index is 13.0. The highest BCUT2D eigenvalue weighted by molar-refractivity contribution is 5.39. The molecule has 2 aliphatic carbocycles. The molecule has 0 saturated heterocycles. The van der Waals surface area contributed by atoms with E-state index in [0.717, 1.165) is 35.4 Å². The lowest BCUT2D eigenvalue weighted by Crippen LogP contribution is -2.23. The second-order valence-corrected chi connectivity index (χ2v) is 14.0. The third kappa shape index (κ3) is 8.72. The fourth-order valence-corrected chi connectivity index (χ4v) is 6.69. The summed E-state index contributed by atoms with van der Waals surface area (Å²) in [5, 5.41) is 0. The molecule has 12 heteroatoms. The van der Waals surface area contributed by atoms with Crippen molar-refractivity contribution in [2.24, 2.45) is 23.7 Å². The van der Waals surface area contributed by atoms with E-state index in [1.165, 1.54) is 12.1 Å². The van der Waals surface area contributed by atoms with Crippen molar-refractivity contribution >= 4 is 0 Å². The Morgan fingerprint density at radius 2 is 1.16 bits per heavy atom. The second kappa shape index (κ2) is 16.2. The summed E-state index contributed by atoms with van der Waals surface area (Å²) in [6.07, 6.45) is 15.7. The maximum absolute atomic E-state index is 13.0. The molecule has 8 rings (SSSR count). The molecule has 0 radical (unpaired) electrons. The van der Waals surface area contributed by atoms with Crippen molar-refractivity contribution < 1.29 is 9.47 Å². The summed E-state index contributed by atoms with van der Waals surface area (Å²) in [7, 11) is 0. The van der Waals surface area contributed by atoms with E-state index in [2.05, 4.69) is 53.6 Å². The van der Waals surface area contributed by atoms with Crippen molar-refractivity contribution in [3.8, 4) is 35.2 Å². The Bertz CT molecular complexity index is 2570. The second-order valence-electron chi connectivity index (χ2n) is 14.0. The van der Waals surface area contributed by atoms with E-state index < -0.39 is 0 Å². The molecule has 2 aliphatic rings. The molecule has 0 amide bonds. The van der Waals surface area contributed by atoms with Gasteiger partial charge in [-0.1, -0.05) is 23.7 Å². The van der Waals surface area contributed by atoms with Gasteiger partial charge in [0.25, 0.3) is 11.1 Å². The van der Waals surface area contributed by atoms with E-state index in [1.807, 2.05) is 38.1 Å². The van der Waals surface area contributed by atoms with Crippen molar-refractivity contribution in [1.82, 2.24) is 39.0 Å². The third-order valence-electron chi connectivity index (χ3n) is 10.1. The number of rotatable bonds is 11. The topological polar surface area (TPSA) is 140 Å². The first-order valence-corrected chi connectivity index (χ1v) is 18.5. The van der Waals surface area contributed by atoms with Crippen LogP contribution in [0.15, 0.2) is 120 Å². The Hall–Kier alpha value is -6.92. The summed E-state index contributed by atoms with van der Waals surface area (Å²) < 4.78 is 14.7. The lowest BCUT2D eigenvalue weighted by Gasteiger charge is -2.15. The molecular weight excluding hydrogens is 705 g/mol. The van der Waals surface area contributed by atoms with Crippen LogP contribution in [0.25, 0.3) is 0 Å². The van der Waals surface area contributed by atoms with Crippen LogP contribution in [0.2, 0.25) is 0 Å². The molecule has 2 fully saturated rings. The fraction of sp³-hybridized carbons (Fsp3) is 0.273. The first-order valence-electron chi connectivity index (χ1n) is 18.5. The van der Waals surface area contributed by atoms with Crippen LogP contribution >= 0.6 is 0 Å². The normalized spacial score (nSPS) is 19.0. The van der Waals surface area contributed by atoms with E-state index in [9.17, 15) is 9.59 Å². The zero-order valence-corrected chi connectivity index (χ0v) is 30.9. The maximum Gasteiger partial charge on any atom is 0.254 e. The van der Waals surface area contributed by atoms with Gasteiger partial charge in [-0.2, -0.15) is 0 Å². The summed E-state index contributed by atoms with van der Waals surface area (Å²) in [6, 6.07) is 17.1. The molecule has 12 nitrogen and oxygen atoms in total. The van der Waals surface area contributed by atoms with Gasteiger partial charge in [-0.05, 0) is 87.1 Å². The molecule has 6 aromatic heterocycles. The Balaban J connectivity index is 0.818. The molecule has 6 atom stereocenters. The minimum absolute atomic E-state index is 0.180. The van der Waals surface area contributed by atoms with Gasteiger partial charge in [0.2, 0.25) is 0 Å². The van der Waals surface area contributed by atoms with Gasteiger partial charge >= 0.3 is 0 Å². The van der Waals surface area contributed by atoms with Gasteiger partial charge in [0.1, 0.15) is 24.7 Å². The average Bonchev–Trinajstić information content (AvgIpc) is 4.17. The van der Waals surface area contributed by atoms with Crippen LogP contribution in [0.4, 0.5) is 0 Å². The molecule has 0 N–H and O–H groups in total. The number of hydrogen-bond acceptors (Lipinski definition) is 10. The molecule has 6 heterocycles. The predicted octanol–water partition coefficient (Wildman–Crippen LogP) is 5.43. The zero-order chi connectivity index (χ0) is 38.4. The third-order valence-corrected chi connectivity index (χ3v) is 10.1. The molecule has 0 aliphatic heterocycles. The monoisotopic (exact) mass is 742 g/mol. The summed E-state index contributed by atoms with van der Waals surface area (Å²) in [4.78, 5) is 51.5. The van der Waals surface area contributed by atoms with Gasteiger partial charge in [0, 0.05) is 84.7 Å². The van der Waals surface area contributed by atoms with Gasteiger partial charge in [0.05, 0.1) is 23.5 Å². The number of aromatic nitrogens is 8. The highest BCUT2D eigenvalue weighted by Crippen LogP contribution is 2.57. The summed E-state index contributed by atoms with van der Waals surface area (Å²) >= 11 is 0. The molecule has 0 bridgehead atoms. The van der Waals surface area contributed by atoms with E-state index in [4.69, 9.17) is 9.47 Å². The van der Waals surface area contributed by atoms with Crippen molar-refractivity contribution in [2.75, 3.05) is 0 Å². The molecule has 6 unspecified atom stereocenters.